The molecule has 0 saturated heterocycles. The minimum Gasteiger partial charge on any atom is -0.383 e. The highest BCUT2D eigenvalue weighted by Crippen LogP contribution is 2.10. The number of aryl methyl sites for hydroxylation is 2. The van der Waals surface area contributed by atoms with Crippen molar-refractivity contribution in [2.45, 2.75) is 26.2 Å². The van der Waals surface area contributed by atoms with Gasteiger partial charge in [-0.15, -0.1) is 11.3 Å². The van der Waals surface area contributed by atoms with Gasteiger partial charge in [-0.3, -0.25) is 0 Å². The topological polar surface area (TPSA) is 34.1 Å². The molecule has 1 N–H and O–H groups in total. The first-order valence-corrected chi connectivity index (χ1v) is 6.31. The molecule has 0 aliphatic carbocycles. The van der Waals surface area contributed by atoms with Crippen molar-refractivity contribution in [2.24, 2.45) is 0 Å². The van der Waals surface area contributed by atoms with E-state index in [0.29, 0.717) is 0 Å². The number of thiazole rings is 1. The van der Waals surface area contributed by atoms with Crippen LogP contribution in [0.3, 0.4) is 0 Å². The van der Waals surface area contributed by atoms with Crippen LogP contribution in [0.1, 0.15) is 23.5 Å². The van der Waals surface area contributed by atoms with Crippen molar-refractivity contribution < 1.29 is 4.74 Å². The zero-order chi connectivity index (χ0) is 10.9. The zero-order valence-electron chi connectivity index (χ0n) is 9.58. The number of aromatic nitrogens is 1. The fraction of sp³-hybridized carbons (Fsp3) is 0.727. The van der Waals surface area contributed by atoms with E-state index in [1.54, 1.807) is 18.4 Å². The summed E-state index contributed by atoms with van der Waals surface area (Å²) in [5.74, 6) is 0. The molecular weight excluding hydrogens is 208 g/mol. The molecule has 1 heterocycles. The highest BCUT2D eigenvalue weighted by atomic mass is 32.1. The third-order valence-corrected chi connectivity index (χ3v) is 3.01. The largest absolute Gasteiger partial charge is 0.383 e. The average Bonchev–Trinajstić information content (AvgIpc) is 2.63. The number of nitrogens with zero attached hydrogens (tertiary/aromatic N) is 1. The lowest BCUT2D eigenvalue weighted by Crippen LogP contribution is -2.20. The van der Waals surface area contributed by atoms with Gasteiger partial charge in [0, 0.05) is 19.0 Å². The first kappa shape index (κ1) is 12.6. The Bertz CT molecular complexity index is 263. The lowest BCUT2D eigenvalue weighted by Gasteiger charge is -2.02. The van der Waals surface area contributed by atoms with Crippen LogP contribution in [0.2, 0.25) is 0 Å². The number of nitrogens with one attached hydrogen (secondary N) is 1. The van der Waals surface area contributed by atoms with Gasteiger partial charge in [-0.2, -0.15) is 0 Å². The number of rotatable bonds is 8. The van der Waals surface area contributed by atoms with Crippen LogP contribution in [0.4, 0.5) is 0 Å². The van der Waals surface area contributed by atoms with Crippen LogP contribution in [0.25, 0.3) is 0 Å². The standard InChI is InChI=1S/C11H20N2OS/c1-10-13-11(9-15-10)5-3-4-6-12-7-8-14-2/h9,12H,3-8H2,1-2H3. The van der Waals surface area contributed by atoms with Gasteiger partial charge in [-0.1, -0.05) is 0 Å². The molecule has 0 radical (unpaired) electrons. The van der Waals surface area contributed by atoms with Crippen molar-refractivity contribution in [3.8, 4) is 0 Å². The molecule has 3 nitrogen and oxygen atoms in total. The summed E-state index contributed by atoms with van der Waals surface area (Å²) in [6, 6.07) is 0. The molecular formula is C11H20N2OS. The lowest BCUT2D eigenvalue weighted by molar-refractivity contribution is 0.199. The Balaban J connectivity index is 1.93. The molecule has 4 heteroatoms. The molecule has 0 spiro atoms. The lowest BCUT2D eigenvalue weighted by atomic mass is 10.2. The summed E-state index contributed by atoms with van der Waals surface area (Å²) in [5, 5.41) is 6.67. The fourth-order valence-electron chi connectivity index (χ4n) is 1.38. The predicted octanol–water partition coefficient (Wildman–Crippen LogP) is 2.01. The fourth-order valence-corrected chi connectivity index (χ4v) is 2.03. The number of ether oxygens (including phenoxy) is 1. The van der Waals surface area contributed by atoms with Crippen molar-refractivity contribution in [1.29, 1.82) is 0 Å². The Morgan fingerprint density at radius 1 is 1.40 bits per heavy atom. The highest BCUT2D eigenvalue weighted by molar-refractivity contribution is 7.09. The summed E-state index contributed by atoms with van der Waals surface area (Å²) < 4.78 is 4.95. The van der Waals surface area contributed by atoms with Crippen LogP contribution in [-0.2, 0) is 11.2 Å². The first-order valence-electron chi connectivity index (χ1n) is 5.43. The van der Waals surface area contributed by atoms with Gasteiger partial charge in [-0.25, -0.2) is 4.98 Å². The van der Waals surface area contributed by atoms with E-state index in [-0.39, 0.29) is 0 Å². The van der Waals surface area contributed by atoms with Gasteiger partial charge in [0.2, 0.25) is 0 Å². The van der Waals surface area contributed by atoms with Gasteiger partial charge in [0.25, 0.3) is 0 Å². The van der Waals surface area contributed by atoms with E-state index in [9.17, 15) is 0 Å². The van der Waals surface area contributed by atoms with Gasteiger partial charge >= 0.3 is 0 Å². The van der Waals surface area contributed by atoms with E-state index in [1.807, 2.05) is 0 Å². The Kier molecular flexibility index (Phi) is 6.55. The number of methoxy groups -OCH3 is 1. The van der Waals surface area contributed by atoms with Crippen molar-refractivity contribution in [2.75, 3.05) is 26.8 Å². The predicted molar refractivity (Wildman–Crippen MR) is 64.5 cm³/mol. The van der Waals surface area contributed by atoms with Gasteiger partial charge in [0.15, 0.2) is 0 Å². The van der Waals surface area contributed by atoms with E-state index in [0.717, 1.165) is 26.1 Å². The molecule has 0 unspecified atom stereocenters. The van der Waals surface area contributed by atoms with Crippen molar-refractivity contribution in [1.82, 2.24) is 10.3 Å². The maximum Gasteiger partial charge on any atom is 0.0897 e. The minimum atomic E-state index is 0.797. The van der Waals surface area contributed by atoms with Crippen LogP contribution < -0.4 is 5.32 Å². The summed E-state index contributed by atoms with van der Waals surface area (Å²) in [7, 11) is 1.73. The average molecular weight is 228 g/mol. The van der Waals surface area contributed by atoms with E-state index < -0.39 is 0 Å². The van der Waals surface area contributed by atoms with Crippen molar-refractivity contribution in [3.63, 3.8) is 0 Å². The summed E-state index contributed by atoms with van der Waals surface area (Å²) in [4.78, 5) is 4.44. The van der Waals surface area contributed by atoms with E-state index in [1.165, 1.54) is 23.5 Å². The SMILES string of the molecule is COCCNCCCCc1csc(C)n1. The summed E-state index contributed by atoms with van der Waals surface area (Å²) in [5.41, 5.74) is 1.24. The van der Waals surface area contributed by atoms with Gasteiger partial charge in [0.1, 0.15) is 0 Å². The molecule has 0 fully saturated rings. The van der Waals surface area contributed by atoms with Crippen LogP contribution >= 0.6 is 11.3 Å². The smallest absolute Gasteiger partial charge is 0.0897 e. The van der Waals surface area contributed by atoms with Gasteiger partial charge in [0.05, 0.1) is 17.3 Å². The maximum atomic E-state index is 4.95. The zero-order valence-corrected chi connectivity index (χ0v) is 10.4. The highest BCUT2D eigenvalue weighted by Gasteiger charge is 1.97. The number of hydrogen-bond donors (Lipinski definition) is 1. The van der Waals surface area contributed by atoms with E-state index in [2.05, 4.69) is 22.6 Å². The van der Waals surface area contributed by atoms with Crippen molar-refractivity contribution in [3.05, 3.63) is 16.1 Å². The Labute approximate surface area is 95.9 Å². The first-order chi connectivity index (χ1) is 7.33. The van der Waals surface area contributed by atoms with E-state index >= 15 is 0 Å². The Morgan fingerprint density at radius 2 is 2.27 bits per heavy atom. The molecule has 0 aliphatic rings. The molecule has 0 atom stereocenters. The molecule has 15 heavy (non-hydrogen) atoms. The minimum absolute atomic E-state index is 0.797. The summed E-state index contributed by atoms with van der Waals surface area (Å²) in [6.07, 6.45) is 3.53. The number of unbranched alkanes of at least 4 members (excludes halogenated alkanes) is 1. The Morgan fingerprint density at radius 3 is 2.93 bits per heavy atom. The molecule has 0 aromatic carbocycles. The van der Waals surface area contributed by atoms with Crippen LogP contribution in [0.15, 0.2) is 5.38 Å². The molecule has 0 aliphatic heterocycles. The third kappa shape index (κ3) is 5.87. The maximum absolute atomic E-state index is 4.95. The second-order valence-electron chi connectivity index (χ2n) is 3.56. The molecule has 0 amide bonds. The third-order valence-electron chi connectivity index (χ3n) is 2.19. The molecule has 86 valence electrons. The van der Waals surface area contributed by atoms with Gasteiger partial charge < -0.3 is 10.1 Å². The number of hydrogen-bond acceptors (Lipinski definition) is 4. The molecule has 0 saturated carbocycles. The second-order valence-corrected chi connectivity index (χ2v) is 4.62. The molecule has 0 bridgehead atoms. The summed E-state index contributed by atoms with van der Waals surface area (Å²) in [6.45, 7) is 4.88. The normalized spacial score (nSPS) is 10.8. The molecule has 1 aromatic rings. The monoisotopic (exact) mass is 228 g/mol. The van der Waals surface area contributed by atoms with Crippen LogP contribution in [-0.4, -0.2) is 31.8 Å². The van der Waals surface area contributed by atoms with Crippen LogP contribution in [0.5, 0.6) is 0 Å². The molecule has 1 aromatic heterocycles. The van der Waals surface area contributed by atoms with Crippen molar-refractivity contribution >= 4 is 11.3 Å². The van der Waals surface area contributed by atoms with Gasteiger partial charge in [-0.05, 0) is 32.7 Å². The second kappa shape index (κ2) is 7.79. The Hall–Kier alpha value is -0.450. The molecule has 1 rings (SSSR count). The van der Waals surface area contributed by atoms with E-state index in [4.69, 9.17) is 4.74 Å². The van der Waals surface area contributed by atoms with Crippen LogP contribution in [0, 0.1) is 6.92 Å². The quantitative estimate of drug-likeness (QED) is 0.691. The summed E-state index contributed by atoms with van der Waals surface area (Å²) >= 11 is 1.74.